The molecule has 1 aliphatic heterocycles. The van der Waals surface area contributed by atoms with Crippen molar-refractivity contribution in [3.63, 3.8) is 0 Å². The second kappa shape index (κ2) is 8.89. The van der Waals surface area contributed by atoms with Crippen molar-refractivity contribution in [3.05, 3.63) is 69.5 Å². The van der Waals surface area contributed by atoms with Gasteiger partial charge in [0.25, 0.3) is 5.91 Å². The highest BCUT2D eigenvalue weighted by Gasteiger charge is 2.26. The van der Waals surface area contributed by atoms with Crippen LogP contribution in [0, 0.1) is 0 Å². The zero-order chi connectivity index (χ0) is 20.2. The van der Waals surface area contributed by atoms with Crippen LogP contribution < -0.4 is 5.32 Å². The third-order valence-corrected chi connectivity index (χ3v) is 5.85. The van der Waals surface area contributed by atoms with Gasteiger partial charge in [-0.3, -0.25) is 14.9 Å². The molecule has 1 N–H and O–H groups in total. The number of ether oxygens (including phenoxy) is 1. The van der Waals surface area contributed by atoms with E-state index in [0.717, 1.165) is 10.0 Å². The summed E-state index contributed by atoms with van der Waals surface area (Å²) in [6, 6.07) is 11.1. The smallest absolute Gasteiger partial charge is 0.293 e. The predicted molar refractivity (Wildman–Crippen MR) is 112 cm³/mol. The van der Waals surface area contributed by atoms with E-state index >= 15 is 0 Å². The highest BCUT2D eigenvalue weighted by Crippen LogP contribution is 2.25. The molecule has 4 rings (SSSR count). The van der Waals surface area contributed by atoms with Crippen molar-refractivity contribution in [2.45, 2.75) is 12.5 Å². The van der Waals surface area contributed by atoms with E-state index in [2.05, 4.69) is 26.2 Å². The van der Waals surface area contributed by atoms with Crippen LogP contribution >= 0.6 is 27.3 Å². The van der Waals surface area contributed by atoms with Crippen molar-refractivity contribution >= 4 is 44.2 Å². The summed E-state index contributed by atoms with van der Waals surface area (Å²) in [5, 5.41) is 4.89. The van der Waals surface area contributed by atoms with Crippen molar-refractivity contribution < 1.29 is 18.7 Å². The summed E-state index contributed by atoms with van der Waals surface area (Å²) in [6.45, 7) is 1.55. The van der Waals surface area contributed by atoms with Crippen LogP contribution in [-0.4, -0.2) is 41.4 Å². The van der Waals surface area contributed by atoms with Crippen LogP contribution in [0.2, 0.25) is 0 Å². The van der Waals surface area contributed by atoms with E-state index in [1.54, 1.807) is 22.4 Å². The zero-order valence-corrected chi connectivity index (χ0v) is 17.7. The Hall–Kier alpha value is -2.49. The minimum absolute atomic E-state index is 0.00961. The number of carbonyl (C=O) groups is 2. The Kier molecular flexibility index (Phi) is 6.08. The molecule has 0 saturated carbocycles. The number of halogens is 1. The molecule has 0 aliphatic carbocycles. The lowest BCUT2D eigenvalue weighted by Gasteiger charge is -2.33. The first-order chi connectivity index (χ1) is 14.1. The molecule has 1 saturated heterocycles. The fourth-order valence-electron chi connectivity index (χ4n) is 3.03. The average Bonchev–Trinajstić information content (AvgIpc) is 3.41. The summed E-state index contributed by atoms with van der Waals surface area (Å²) in [4.78, 5) is 30.9. The highest BCUT2D eigenvalue weighted by atomic mass is 79.9. The van der Waals surface area contributed by atoms with E-state index in [4.69, 9.17) is 9.15 Å². The number of hydrogen-bond donors (Lipinski definition) is 1. The zero-order valence-electron chi connectivity index (χ0n) is 15.3. The molecule has 2 aromatic heterocycles. The number of hydrogen-bond acceptors (Lipinski definition) is 6. The third-order valence-electron chi connectivity index (χ3n) is 4.51. The lowest BCUT2D eigenvalue weighted by atomic mass is 10.1. The van der Waals surface area contributed by atoms with Crippen molar-refractivity contribution in [3.8, 4) is 0 Å². The van der Waals surface area contributed by atoms with Crippen molar-refractivity contribution in [2.75, 3.05) is 25.0 Å². The van der Waals surface area contributed by atoms with Gasteiger partial charge in [-0.1, -0.05) is 28.1 Å². The number of anilines is 1. The second-order valence-electron chi connectivity index (χ2n) is 6.50. The molecule has 0 bridgehead atoms. The first-order valence-corrected chi connectivity index (χ1v) is 10.7. The fraction of sp³-hybridized carbons (Fsp3) is 0.250. The van der Waals surface area contributed by atoms with Crippen LogP contribution in [0.3, 0.4) is 0 Å². The molecule has 3 heterocycles. The normalized spacial score (nSPS) is 16.6. The summed E-state index contributed by atoms with van der Waals surface area (Å²) in [7, 11) is 0. The van der Waals surface area contributed by atoms with Gasteiger partial charge >= 0.3 is 0 Å². The molecule has 0 spiro atoms. The number of furan rings is 1. The monoisotopic (exact) mass is 475 g/mol. The first-order valence-electron chi connectivity index (χ1n) is 9.02. The molecular weight excluding hydrogens is 458 g/mol. The Bertz CT molecular complexity index is 988. The maximum Gasteiger partial charge on any atom is 0.293 e. The van der Waals surface area contributed by atoms with Gasteiger partial charge in [0, 0.05) is 16.4 Å². The summed E-state index contributed by atoms with van der Waals surface area (Å²) in [6.07, 6.45) is 1.48. The van der Waals surface area contributed by atoms with E-state index in [-0.39, 0.29) is 30.1 Å². The molecule has 9 heteroatoms. The molecule has 1 atom stereocenters. The average molecular weight is 476 g/mol. The number of morpholine rings is 1. The molecule has 150 valence electrons. The molecular formula is C20H18BrN3O4S. The molecule has 29 heavy (non-hydrogen) atoms. The van der Waals surface area contributed by atoms with Gasteiger partial charge in [0.15, 0.2) is 10.9 Å². The molecule has 2 amide bonds. The molecule has 1 aliphatic rings. The van der Waals surface area contributed by atoms with Gasteiger partial charge in [0.05, 0.1) is 31.5 Å². The number of carbonyl (C=O) groups excluding carboxylic acids is 2. The Labute approximate surface area is 179 Å². The minimum atomic E-state index is -0.368. The Morgan fingerprint density at radius 1 is 1.28 bits per heavy atom. The van der Waals surface area contributed by atoms with E-state index in [9.17, 15) is 9.59 Å². The Morgan fingerprint density at radius 3 is 2.86 bits per heavy atom. The Morgan fingerprint density at radius 2 is 2.10 bits per heavy atom. The fourth-order valence-corrected chi connectivity index (χ4v) is 4.00. The van der Waals surface area contributed by atoms with Crippen LogP contribution in [0.15, 0.2) is 56.9 Å². The second-order valence-corrected chi connectivity index (χ2v) is 8.28. The van der Waals surface area contributed by atoms with Gasteiger partial charge < -0.3 is 14.1 Å². The standard InChI is InChI=1S/C20H18BrN3O4S/c21-14-5-3-13(4-6-14)17-11-24(7-9-28-17)18(25)10-15-12-29-20(22-15)23-19(26)16-2-1-8-27-16/h1-6,8,12,17H,7,9-11H2,(H,22,23,26). The number of nitrogens with one attached hydrogen (secondary N) is 1. The number of benzene rings is 1. The van der Waals surface area contributed by atoms with Crippen LogP contribution in [0.1, 0.15) is 27.9 Å². The van der Waals surface area contributed by atoms with Gasteiger partial charge in [-0.2, -0.15) is 0 Å². The van der Waals surface area contributed by atoms with Gasteiger partial charge in [0.1, 0.15) is 6.10 Å². The maximum atomic E-state index is 12.7. The molecule has 0 radical (unpaired) electrons. The highest BCUT2D eigenvalue weighted by molar-refractivity contribution is 9.10. The van der Waals surface area contributed by atoms with Gasteiger partial charge in [-0.05, 0) is 29.8 Å². The third kappa shape index (κ3) is 4.92. The number of aromatic nitrogens is 1. The van der Waals surface area contributed by atoms with Gasteiger partial charge in [-0.25, -0.2) is 4.98 Å². The maximum absolute atomic E-state index is 12.7. The van der Waals surface area contributed by atoms with Crippen molar-refractivity contribution in [1.82, 2.24) is 9.88 Å². The van der Waals surface area contributed by atoms with Crippen LogP contribution in [0.4, 0.5) is 5.13 Å². The quantitative estimate of drug-likeness (QED) is 0.604. The topological polar surface area (TPSA) is 84.7 Å². The van der Waals surface area contributed by atoms with Gasteiger partial charge in [0.2, 0.25) is 5.91 Å². The number of amides is 2. The van der Waals surface area contributed by atoms with E-state index in [1.165, 1.54) is 17.6 Å². The number of rotatable bonds is 5. The minimum Gasteiger partial charge on any atom is -0.459 e. The SMILES string of the molecule is O=C(Nc1nc(CC(=O)N2CCOC(c3ccc(Br)cc3)C2)cs1)c1ccco1. The van der Waals surface area contributed by atoms with E-state index in [0.29, 0.717) is 30.5 Å². The Balaban J connectivity index is 1.35. The lowest BCUT2D eigenvalue weighted by Crippen LogP contribution is -2.43. The molecule has 3 aromatic rings. The number of thiazole rings is 1. The molecule has 7 nitrogen and oxygen atoms in total. The van der Waals surface area contributed by atoms with Crippen LogP contribution in [0.5, 0.6) is 0 Å². The van der Waals surface area contributed by atoms with E-state index < -0.39 is 0 Å². The summed E-state index contributed by atoms with van der Waals surface area (Å²) in [5.74, 6) is -0.164. The number of nitrogens with zero attached hydrogens (tertiary/aromatic N) is 2. The summed E-state index contributed by atoms with van der Waals surface area (Å²) < 4.78 is 11.9. The summed E-state index contributed by atoms with van der Waals surface area (Å²) >= 11 is 4.70. The largest absolute Gasteiger partial charge is 0.459 e. The lowest BCUT2D eigenvalue weighted by molar-refractivity contribution is -0.138. The van der Waals surface area contributed by atoms with Crippen molar-refractivity contribution in [2.24, 2.45) is 0 Å². The first kappa shape index (κ1) is 19.8. The summed E-state index contributed by atoms with van der Waals surface area (Å²) in [5.41, 5.74) is 1.67. The molecule has 1 fully saturated rings. The van der Waals surface area contributed by atoms with Crippen LogP contribution in [-0.2, 0) is 16.0 Å². The van der Waals surface area contributed by atoms with Crippen LogP contribution in [0.25, 0.3) is 0 Å². The van der Waals surface area contributed by atoms with Gasteiger partial charge in [-0.15, -0.1) is 11.3 Å². The molecule has 1 aromatic carbocycles. The predicted octanol–water partition coefficient (Wildman–Crippen LogP) is 3.89. The van der Waals surface area contributed by atoms with E-state index in [1.807, 2.05) is 24.3 Å². The molecule has 1 unspecified atom stereocenters. The van der Waals surface area contributed by atoms with Crippen molar-refractivity contribution in [1.29, 1.82) is 0 Å².